The van der Waals surface area contributed by atoms with Crippen molar-refractivity contribution in [2.75, 3.05) is 11.9 Å². The van der Waals surface area contributed by atoms with E-state index in [1.54, 1.807) is 19.3 Å². The van der Waals surface area contributed by atoms with Gasteiger partial charge in [-0.15, -0.1) is 0 Å². The van der Waals surface area contributed by atoms with Gasteiger partial charge in [-0.25, -0.2) is 9.48 Å². The maximum Gasteiger partial charge on any atom is 0.404 e. The number of anilines is 2. The van der Waals surface area contributed by atoms with Gasteiger partial charge in [0.05, 0.1) is 5.69 Å². The van der Waals surface area contributed by atoms with Gasteiger partial charge >= 0.3 is 6.09 Å². The molecule has 3 rings (SSSR count). The summed E-state index contributed by atoms with van der Waals surface area (Å²) in [5.74, 6) is 0.884. The fraction of sp³-hybridized carbons (Fsp3) is 0.571. The predicted octanol–water partition coefficient (Wildman–Crippen LogP) is 3.37. The summed E-state index contributed by atoms with van der Waals surface area (Å²) in [7, 11) is 0.539. The average Bonchev–Trinajstić information content (AvgIpc) is 3.27. The van der Waals surface area contributed by atoms with Crippen LogP contribution in [-0.4, -0.2) is 41.2 Å². The number of nitrogens with zero attached hydrogens (tertiary/aromatic N) is 3. The molecule has 2 aromatic rings. The van der Waals surface area contributed by atoms with E-state index in [-0.39, 0.29) is 17.6 Å². The SMILES string of the molecule is Cn1cc(Nc2cc(C3CCC(OC(N)=O)C3)n(COCC[Si](C)(C)C)n2)ccc1=O. The molecule has 9 nitrogen and oxygen atoms in total. The molecular weight excluding hydrogens is 414 g/mol. The molecule has 31 heavy (non-hydrogen) atoms. The molecule has 1 amide bonds. The van der Waals surface area contributed by atoms with Crippen molar-refractivity contribution < 1.29 is 14.3 Å². The van der Waals surface area contributed by atoms with Gasteiger partial charge in [-0.1, -0.05) is 19.6 Å². The molecule has 2 aromatic heterocycles. The van der Waals surface area contributed by atoms with Gasteiger partial charge in [-0.2, -0.15) is 5.10 Å². The fourth-order valence-corrected chi connectivity index (χ4v) is 4.51. The lowest BCUT2D eigenvalue weighted by atomic mass is 10.0. The van der Waals surface area contributed by atoms with Crippen LogP contribution < -0.4 is 16.6 Å². The third kappa shape index (κ3) is 6.69. The van der Waals surface area contributed by atoms with Crippen molar-refractivity contribution in [3.8, 4) is 0 Å². The van der Waals surface area contributed by atoms with Crippen molar-refractivity contribution >= 4 is 25.7 Å². The molecule has 1 aliphatic carbocycles. The standard InChI is InChI=1S/C21H33N5O4Si/c1-25-13-16(6-8-20(25)27)23-19-12-18(15-5-7-17(11-15)30-21(22)28)26(24-19)14-29-9-10-31(2,3)4/h6,8,12-13,15,17H,5,7,9-11,14H2,1-4H3,(H2,22,28)(H,23,24). The first-order chi connectivity index (χ1) is 14.6. The molecule has 1 aliphatic rings. The van der Waals surface area contributed by atoms with Crippen molar-refractivity contribution in [3.63, 3.8) is 0 Å². The zero-order valence-electron chi connectivity index (χ0n) is 18.8. The summed E-state index contributed by atoms with van der Waals surface area (Å²) in [6, 6.07) is 6.34. The van der Waals surface area contributed by atoms with Crippen molar-refractivity contribution in [1.82, 2.24) is 14.3 Å². The van der Waals surface area contributed by atoms with E-state index in [4.69, 9.17) is 20.3 Å². The van der Waals surface area contributed by atoms with E-state index in [0.717, 1.165) is 30.3 Å². The van der Waals surface area contributed by atoms with Gasteiger partial charge < -0.3 is 25.1 Å². The van der Waals surface area contributed by atoms with Crippen LogP contribution in [0.15, 0.2) is 29.2 Å². The number of hydrogen-bond acceptors (Lipinski definition) is 6. The molecule has 2 unspecified atom stereocenters. The summed E-state index contributed by atoms with van der Waals surface area (Å²) in [5.41, 5.74) is 6.93. The molecule has 0 saturated heterocycles. The number of ether oxygens (including phenoxy) is 2. The number of hydrogen-bond donors (Lipinski definition) is 2. The number of carbonyl (C=O) groups excluding carboxylic acids is 1. The van der Waals surface area contributed by atoms with Gasteiger partial charge in [0.1, 0.15) is 12.8 Å². The van der Waals surface area contributed by atoms with Crippen molar-refractivity contribution in [2.24, 2.45) is 12.8 Å². The van der Waals surface area contributed by atoms with E-state index in [2.05, 4.69) is 25.0 Å². The first kappa shape index (κ1) is 23.1. The second-order valence-electron chi connectivity index (χ2n) is 9.36. The third-order valence-electron chi connectivity index (χ3n) is 5.46. The Bertz CT molecular complexity index is 965. The molecule has 0 spiro atoms. The Hall–Kier alpha value is -2.59. The van der Waals surface area contributed by atoms with E-state index in [1.165, 1.54) is 10.6 Å². The molecule has 0 bridgehead atoms. The predicted molar refractivity (Wildman–Crippen MR) is 122 cm³/mol. The van der Waals surface area contributed by atoms with E-state index in [9.17, 15) is 9.59 Å². The van der Waals surface area contributed by atoms with Crippen LogP contribution in [-0.2, 0) is 23.3 Å². The zero-order valence-corrected chi connectivity index (χ0v) is 19.8. The number of nitrogens with one attached hydrogen (secondary N) is 1. The minimum absolute atomic E-state index is 0.0704. The van der Waals surface area contributed by atoms with E-state index >= 15 is 0 Å². The van der Waals surface area contributed by atoms with Crippen LogP contribution in [0, 0.1) is 0 Å². The van der Waals surface area contributed by atoms with Crippen LogP contribution in [0.2, 0.25) is 25.7 Å². The fourth-order valence-electron chi connectivity index (χ4n) is 3.75. The topological polar surface area (TPSA) is 113 Å². The Kier molecular flexibility index (Phi) is 7.21. The molecular formula is C21H33N5O4Si. The van der Waals surface area contributed by atoms with E-state index in [0.29, 0.717) is 25.6 Å². The molecule has 3 N–H and O–H groups in total. The number of aromatic nitrogens is 3. The molecule has 170 valence electrons. The zero-order chi connectivity index (χ0) is 22.6. The lowest BCUT2D eigenvalue weighted by molar-refractivity contribution is 0.0753. The van der Waals surface area contributed by atoms with Crippen molar-refractivity contribution in [2.45, 2.75) is 63.7 Å². The second-order valence-corrected chi connectivity index (χ2v) is 15.0. The van der Waals surface area contributed by atoms with Crippen molar-refractivity contribution in [3.05, 3.63) is 40.4 Å². The summed E-state index contributed by atoms with van der Waals surface area (Å²) in [4.78, 5) is 22.7. The minimum Gasteiger partial charge on any atom is -0.446 e. The van der Waals surface area contributed by atoms with Crippen LogP contribution in [0.1, 0.15) is 30.9 Å². The average molecular weight is 448 g/mol. The number of rotatable bonds is 9. The van der Waals surface area contributed by atoms with E-state index < -0.39 is 14.2 Å². The Morgan fingerprint density at radius 3 is 2.77 bits per heavy atom. The molecule has 1 saturated carbocycles. The Labute approximate surface area is 183 Å². The maximum absolute atomic E-state index is 11.6. The third-order valence-corrected chi connectivity index (χ3v) is 7.17. The number of primary amides is 1. The number of amides is 1. The lowest BCUT2D eigenvalue weighted by Crippen LogP contribution is -2.22. The van der Waals surface area contributed by atoms with Crippen molar-refractivity contribution in [1.29, 1.82) is 0 Å². The van der Waals surface area contributed by atoms with Crippen LogP contribution in [0.25, 0.3) is 0 Å². The summed E-state index contributed by atoms with van der Waals surface area (Å²) >= 11 is 0. The molecule has 0 aliphatic heterocycles. The molecule has 2 atom stereocenters. The van der Waals surface area contributed by atoms with Crippen LogP contribution in [0.3, 0.4) is 0 Å². The number of pyridine rings is 1. The van der Waals surface area contributed by atoms with Crippen LogP contribution in [0.5, 0.6) is 0 Å². The Balaban J connectivity index is 1.75. The lowest BCUT2D eigenvalue weighted by Gasteiger charge is -2.17. The first-order valence-electron chi connectivity index (χ1n) is 10.7. The van der Waals surface area contributed by atoms with Gasteiger partial charge in [-0.05, 0) is 31.4 Å². The summed E-state index contributed by atoms with van der Waals surface area (Å²) in [6.07, 6.45) is 3.21. The second kappa shape index (κ2) is 9.69. The first-order valence-corrected chi connectivity index (χ1v) is 14.4. The Morgan fingerprint density at radius 1 is 1.32 bits per heavy atom. The molecule has 1 fully saturated rings. The number of aryl methyl sites for hydroxylation is 1. The van der Waals surface area contributed by atoms with Gasteiger partial charge in [0, 0.05) is 51.7 Å². The van der Waals surface area contributed by atoms with Crippen LogP contribution in [0.4, 0.5) is 16.3 Å². The highest BCUT2D eigenvalue weighted by Gasteiger charge is 2.31. The van der Waals surface area contributed by atoms with Gasteiger partial charge in [0.25, 0.3) is 0 Å². The highest BCUT2D eigenvalue weighted by atomic mass is 28.3. The monoisotopic (exact) mass is 447 g/mol. The highest BCUT2D eigenvalue weighted by molar-refractivity contribution is 6.76. The summed E-state index contributed by atoms with van der Waals surface area (Å²) in [6.45, 7) is 8.04. The maximum atomic E-state index is 11.6. The quantitative estimate of drug-likeness (QED) is 0.450. The van der Waals surface area contributed by atoms with Gasteiger partial charge in [0.15, 0.2) is 5.82 Å². The normalized spacial score (nSPS) is 18.8. The van der Waals surface area contributed by atoms with Crippen LogP contribution >= 0.6 is 0 Å². The van der Waals surface area contributed by atoms with Gasteiger partial charge in [-0.3, -0.25) is 4.79 Å². The van der Waals surface area contributed by atoms with E-state index in [1.807, 2.05) is 10.7 Å². The summed E-state index contributed by atoms with van der Waals surface area (Å²) in [5, 5.41) is 7.96. The molecule has 0 radical (unpaired) electrons. The molecule has 0 aromatic carbocycles. The number of carbonyl (C=O) groups is 1. The molecule has 2 heterocycles. The Morgan fingerprint density at radius 2 is 2.10 bits per heavy atom. The smallest absolute Gasteiger partial charge is 0.404 e. The largest absolute Gasteiger partial charge is 0.446 e. The minimum atomic E-state index is -1.17. The summed E-state index contributed by atoms with van der Waals surface area (Å²) < 4.78 is 14.5. The highest BCUT2D eigenvalue weighted by Crippen LogP contribution is 2.37. The van der Waals surface area contributed by atoms with Gasteiger partial charge in [0.2, 0.25) is 5.56 Å². The number of nitrogens with two attached hydrogens (primary N) is 1. The molecule has 10 heteroatoms.